The Balaban J connectivity index is 2.97. The molecule has 0 fully saturated rings. The summed E-state index contributed by atoms with van der Waals surface area (Å²) < 4.78 is 39.4. The Bertz CT molecular complexity index is 766. The van der Waals surface area contributed by atoms with Gasteiger partial charge in [0.25, 0.3) is 5.91 Å². The van der Waals surface area contributed by atoms with Gasteiger partial charge in [0.1, 0.15) is 15.9 Å². The molecule has 0 spiro atoms. The first-order chi connectivity index (χ1) is 13.2. The van der Waals surface area contributed by atoms with E-state index in [4.69, 9.17) is 14.2 Å². The second kappa shape index (κ2) is 10.7. The van der Waals surface area contributed by atoms with Crippen molar-refractivity contribution in [2.45, 2.75) is 32.2 Å². The average Bonchev–Trinajstić information content (AvgIpc) is 2.67. The van der Waals surface area contributed by atoms with Crippen molar-refractivity contribution in [3.63, 3.8) is 0 Å². The predicted molar refractivity (Wildman–Crippen MR) is 103 cm³/mol. The number of carbonyl (C=O) groups is 2. The molecule has 2 N–H and O–H groups in total. The molecule has 1 aromatic rings. The fourth-order valence-electron chi connectivity index (χ4n) is 2.47. The number of carboxylic acid groups (broad SMARTS) is 1. The van der Waals surface area contributed by atoms with Crippen LogP contribution in [-0.2, 0) is 14.6 Å². The molecule has 0 saturated carbocycles. The molecule has 28 heavy (non-hydrogen) atoms. The fourth-order valence-corrected chi connectivity index (χ4v) is 4.00. The maximum Gasteiger partial charge on any atom is 0.326 e. The van der Waals surface area contributed by atoms with Crippen LogP contribution in [0.1, 0.15) is 36.5 Å². The van der Waals surface area contributed by atoms with E-state index in [2.05, 4.69) is 5.32 Å². The highest BCUT2D eigenvalue weighted by Gasteiger charge is 2.25. The van der Waals surface area contributed by atoms with E-state index in [1.165, 1.54) is 33.5 Å². The lowest BCUT2D eigenvalue weighted by atomic mass is 10.1. The number of sulfone groups is 1. The third-order valence-electron chi connectivity index (χ3n) is 4.06. The first kappa shape index (κ1) is 23.5. The van der Waals surface area contributed by atoms with Gasteiger partial charge >= 0.3 is 5.97 Å². The molecule has 0 aliphatic heterocycles. The molecule has 0 bridgehead atoms. The average molecular weight is 417 g/mol. The third-order valence-corrected chi connectivity index (χ3v) is 5.83. The first-order valence-corrected chi connectivity index (χ1v) is 10.5. The number of methoxy groups -OCH3 is 3. The summed E-state index contributed by atoms with van der Waals surface area (Å²) in [5.41, 5.74) is 0.0922. The number of ether oxygens (including phenoxy) is 3. The molecule has 10 heteroatoms. The molecule has 0 aliphatic carbocycles. The van der Waals surface area contributed by atoms with E-state index in [0.29, 0.717) is 12.2 Å². The predicted octanol–water partition coefficient (Wildman–Crippen LogP) is 1.50. The number of nitrogens with one attached hydrogen (secondary N) is 1. The molecule has 0 aromatic heterocycles. The van der Waals surface area contributed by atoms with Gasteiger partial charge in [-0.2, -0.15) is 0 Å². The standard InChI is InChI=1S/C18H27NO8S/c1-5-6-8-28(23,24)9-7-13(18(21)22)19-17(20)12-10-14(25-2)16(27-4)15(11-12)26-3/h10-11,13H,5-9H2,1-4H3,(H,19,20)(H,21,22). The minimum Gasteiger partial charge on any atom is -0.493 e. The number of aliphatic carboxylic acids is 1. The van der Waals surface area contributed by atoms with Crippen LogP contribution in [0.25, 0.3) is 0 Å². The van der Waals surface area contributed by atoms with Crippen molar-refractivity contribution in [1.29, 1.82) is 0 Å². The maximum absolute atomic E-state index is 12.5. The van der Waals surface area contributed by atoms with E-state index >= 15 is 0 Å². The van der Waals surface area contributed by atoms with Crippen LogP contribution in [-0.4, -0.2) is 64.3 Å². The lowest BCUT2D eigenvalue weighted by Gasteiger charge is -2.17. The second-order valence-electron chi connectivity index (χ2n) is 6.07. The summed E-state index contributed by atoms with van der Waals surface area (Å²) in [4.78, 5) is 24.0. The van der Waals surface area contributed by atoms with E-state index in [9.17, 15) is 23.1 Å². The monoisotopic (exact) mass is 417 g/mol. The largest absolute Gasteiger partial charge is 0.493 e. The lowest BCUT2D eigenvalue weighted by Crippen LogP contribution is -2.42. The lowest BCUT2D eigenvalue weighted by molar-refractivity contribution is -0.139. The number of hydrogen-bond donors (Lipinski definition) is 2. The Labute approximate surface area is 164 Å². The molecule has 1 aromatic carbocycles. The molecule has 0 saturated heterocycles. The Morgan fingerprint density at radius 3 is 2.07 bits per heavy atom. The summed E-state index contributed by atoms with van der Waals surface area (Å²) in [6, 6.07) is 1.42. The highest BCUT2D eigenvalue weighted by Crippen LogP contribution is 2.38. The van der Waals surface area contributed by atoms with E-state index < -0.39 is 27.8 Å². The van der Waals surface area contributed by atoms with Crippen molar-refractivity contribution < 1.29 is 37.3 Å². The SMILES string of the molecule is CCCCS(=O)(=O)CCC(NC(=O)c1cc(OC)c(OC)c(OC)c1)C(=O)O. The maximum atomic E-state index is 12.5. The number of rotatable bonds is 12. The zero-order valence-electron chi connectivity index (χ0n) is 16.5. The number of amides is 1. The molecule has 0 aliphatic rings. The zero-order chi connectivity index (χ0) is 21.3. The van der Waals surface area contributed by atoms with Crippen molar-refractivity contribution in [1.82, 2.24) is 5.32 Å². The van der Waals surface area contributed by atoms with Crippen LogP contribution in [0.2, 0.25) is 0 Å². The van der Waals surface area contributed by atoms with Gasteiger partial charge in [-0.05, 0) is 25.0 Å². The second-order valence-corrected chi connectivity index (χ2v) is 8.38. The molecular formula is C18H27NO8S. The van der Waals surface area contributed by atoms with Gasteiger partial charge in [0.15, 0.2) is 11.5 Å². The summed E-state index contributed by atoms with van der Waals surface area (Å²) >= 11 is 0. The van der Waals surface area contributed by atoms with Gasteiger partial charge in [0.05, 0.1) is 32.8 Å². The first-order valence-electron chi connectivity index (χ1n) is 8.73. The molecule has 1 atom stereocenters. The minimum absolute atomic E-state index is 0.00331. The molecule has 0 radical (unpaired) electrons. The van der Waals surface area contributed by atoms with Gasteiger partial charge < -0.3 is 24.6 Å². The third kappa shape index (κ3) is 6.59. The van der Waals surface area contributed by atoms with Crippen molar-refractivity contribution in [3.05, 3.63) is 17.7 Å². The minimum atomic E-state index is -3.37. The molecule has 0 heterocycles. The Morgan fingerprint density at radius 2 is 1.64 bits per heavy atom. The van der Waals surface area contributed by atoms with Crippen LogP contribution < -0.4 is 19.5 Å². The molecule has 9 nitrogen and oxygen atoms in total. The molecular weight excluding hydrogens is 390 g/mol. The number of carboxylic acids is 1. The normalized spacial score (nSPS) is 12.1. The number of benzene rings is 1. The van der Waals surface area contributed by atoms with Crippen molar-refractivity contribution in [2.24, 2.45) is 0 Å². The Kier molecular flexibility index (Phi) is 9.04. The smallest absolute Gasteiger partial charge is 0.326 e. The van der Waals surface area contributed by atoms with Gasteiger partial charge in [-0.1, -0.05) is 13.3 Å². The molecule has 158 valence electrons. The van der Waals surface area contributed by atoms with Gasteiger partial charge in [0, 0.05) is 5.56 Å². The number of unbranched alkanes of at least 4 members (excludes halogenated alkanes) is 1. The van der Waals surface area contributed by atoms with E-state index in [-0.39, 0.29) is 35.0 Å². The van der Waals surface area contributed by atoms with E-state index in [0.717, 1.165) is 6.42 Å². The summed E-state index contributed by atoms with van der Waals surface area (Å²) in [6.45, 7) is 1.87. The summed E-state index contributed by atoms with van der Waals surface area (Å²) in [6.07, 6.45) is 1.01. The van der Waals surface area contributed by atoms with E-state index in [1.54, 1.807) is 0 Å². The molecule has 1 unspecified atom stereocenters. The molecule has 1 rings (SSSR count). The van der Waals surface area contributed by atoms with Crippen LogP contribution >= 0.6 is 0 Å². The van der Waals surface area contributed by atoms with Gasteiger partial charge in [-0.25, -0.2) is 13.2 Å². The Morgan fingerprint density at radius 1 is 1.07 bits per heavy atom. The van der Waals surface area contributed by atoms with E-state index in [1.807, 2.05) is 6.92 Å². The van der Waals surface area contributed by atoms with Crippen molar-refractivity contribution in [3.8, 4) is 17.2 Å². The van der Waals surface area contributed by atoms with Gasteiger partial charge in [0.2, 0.25) is 5.75 Å². The highest BCUT2D eigenvalue weighted by molar-refractivity contribution is 7.91. The quantitative estimate of drug-likeness (QED) is 0.524. The van der Waals surface area contributed by atoms with Crippen LogP contribution in [0.15, 0.2) is 12.1 Å². The van der Waals surface area contributed by atoms with Crippen LogP contribution in [0.5, 0.6) is 17.2 Å². The van der Waals surface area contributed by atoms with Gasteiger partial charge in [-0.3, -0.25) is 4.79 Å². The van der Waals surface area contributed by atoms with Gasteiger partial charge in [-0.15, -0.1) is 0 Å². The van der Waals surface area contributed by atoms with Crippen LogP contribution in [0.4, 0.5) is 0 Å². The summed E-state index contributed by atoms with van der Waals surface area (Å²) in [7, 11) is 0.820. The topological polar surface area (TPSA) is 128 Å². The van der Waals surface area contributed by atoms with Crippen molar-refractivity contribution >= 4 is 21.7 Å². The molecule has 1 amide bonds. The fraction of sp³-hybridized carbons (Fsp3) is 0.556. The van der Waals surface area contributed by atoms with Crippen molar-refractivity contribution in [2.75, 3.05) is 32.8 Å². The number of hydrogen-bond acceptors (Lipinski definition) is 7. The van der Waals surface area contributed by atoms with Crippen LogP contribution in [0.3, 0.4) is 0 Å². The number of carbonyl (C=O) groups excluding carboxylic acids is 1. The zero-order valence-corrected chi connectivity index (χ0v) is 17.3. The Hall–Kier alpha value is -2.49. The highest BCUT2D eigenvalue weighted by atomic mass is 32.2. The summed E-state index contributed by atoms with van der Waals surface area (Å²) in [5.74, 6) is -1.57. The summed E-state index contributed by atoms with van der Waals surface area (Å²) in [5, 5.41) is 11.7. The van der Waals surface area contributed by atoms with Crippen LogP contribution in [0, 0.1) is 0 Å².